The number of ether oxygens (including phenoxy) is 1. The second kappa shape index (κ2) is 8.54. The van der Waals surface area contributed by atoms with E-state index in [0.29, 0.717) is 25.6 Å². The predicted octanol–water partition coefficient (Wildman–Crippen LogP) is 2.29. The standard InChI is InChI=1S/C22H25N5O3/c1-26(2)7-3-4-22(29)27-12-15(13-27)14-30-21-9-16(8-20-18(21)11-24-25-20)19-6-5-17(28)10-23-19/h3-6,8-11,15,28H,7,12-14H2,1-2H3,(H,24,25)/b4-3+. The van der Waals surface area contributed by atoms with Crippen LogP contribution in [0.4, 0.5) is 0 Å². The fourth-order valence-corrected chi connectivity index (χ4v) is 3.38. The van der Waals surface area contributed by atoms with Crippen LogP contribution >= 0.6 is 0 Å². The van der Waals surface area contributed by atoms with E-state index in [0.717, 1.165) is 34.5 Å². The first kappa shape index (κ1) is 19.9. The first-order valence-electron chi connectivity index (χ1n) is 9.85. The molecule has 1 amide bonds. The molecule has 8 heteroatoms. The lowest BCUT2D eigenvalue weighted by molar-refractivity contribution is -0.132. The third kappa shape index (κ3) is 4.44. The summed E-state index contributed by atoms with van der Waals surface area (Å²) in [7, 11) is 3.94. The lowest BCUT2D eigenvalue weighted by atomic mass is 10.0. The van der Waals surface area contributed by atoms with Gasteiger partial charge in [-0.1, -0.05) is 6.08 Å². The first-order chi connectivity index (χ1) is 14.5. The van der Waals surface area contributed by atoms with Crippen LogP contribution in [-0.2, 0) is 4.79 Å². The highest BCUT2D eigenvalue weighted by Crippen LogP contribution is 2.32. The Balaban J connectivity index is 1.39. The summed E-state index contributed by atoms with van der Waals surface area (Å²) < 4.78 is 6.11. The van der Waals surface area contributed by atoms with Crippen LogP contribution in [0.5, 0.6) is 11.5 Å². The normalized spacial score (nSPS) is 14.6. The second-order valence-electron chi connectivity index (χ2n) is 7.79. The Labute approximate surface area is 174 Å². The van der Waals surface area contributed by atoms with E-state index < -0.39 is 0 Å². The van der Waals surface area contributed by atoms with Crippen molar-refractivity contribution in [2.24, 2.45) is 5.92 Å². The van der Waals surface area contributed by atoms with Gasteiger partial charge in [0.2, 0.25) is 5.91 Å². The summed E-state index contributed by atoms with van der Waals surface area (Å²) in [6.45, 7) is 2.66. The molecule has 0 radical (unpaired) electrons. The Bertz CT molecular complexity index is 1050. The van der Waals surface area contributed by atoms with Crippen molar-refractivity contribution in [2.75, 3.05) is 40.3 Å². The van der Waals surface area contributed by atoms with Crippen LogP contribution in [-0.4, -0.2) is 76.3 Å². The molecule has 0 saturated carbocycles. The maximum atomic E-state index is 12.1. The minimum absolute atomic E-state index is 0.0470. The average Bonchev–Trinajstić information content (AvgIpc) is 3.15. The topological polar surface area (TPSA) is 94.6 Å². The van der Waals surface area contributed by atoms with Gasteiger partial charge in [-0.3, -0.25) is 14.9 Å². The van der Waals surface area contributed by atoms with Crippen molar-refractivity contribution < 1.29 is 14.6 Å². The monoisotopic (exact) mass is 407 g/mol. The van der Waals surface area contributed by atoms with Crippen molar-refractivity contribution in [1.82, 2.24) is 25.0 Å². The number of aromatic amines is 1. The van der Waals surface area contributed by atoms with E-state index in [1.807, 2.05) is 42.1 Å². The highest BCUT2D eigenvalue weighted by atomic mass is 16.5. The van der Waals surface area contributed by atoms with Gasteiger partial charge in [-0.25, -0.2) is 0 Å². The van der Waals surface area contributed by atoms with Gasteiger partial charge in [0.25, 0.3) is 0 Å². The largest absolute Gasteiger partial charge is 0.506 e. The average molecular weight is 407 g/mol. The number of hydrogen-bond donors (Lipinski definition) is 2. The molecule has 4 rings (SSSR count). The molecule has 1 fully saturated rings. The molecule has 156 valence electrons. The maximum Gasteiger partial charge on any atom is 0.246 e. The molecule has 8 nitrogen and oxygen atoms in total. The first-order valence-corrected chi connectivity index (χ1v) is 9.85. The molecule has 30 heavy (non-hydrogen) atoms. The van der Waals surface area contributed by atoms with Crippen molar-refractivity contribution in [3.8, 4) is 22.8 Å². The van der Waals surface area contributed by atoms with Gasteiger partial charge in [-0.15, -0.1) is 0 Å². The Morgan fingerprint density at radius 3 is 2.90 bits per heavy atom. The van der Waals surface area contributed by atoms with Gasteiger partial charge < -0.3 is 19.6 Å². The number of fused-ring (bicyclic) bond motifs is 1. The van der Waals surface area contributed by atoms with Crippen molar-refractivity contribution in [3.63, 3.8) is 0 Å². The molecule has 0 aliphatic carbocycles. The van der Waals surface area contributed by atoms with Crippen LogP contribution < -0.4 is 4.74 Å². The van der Waals surface area contributed by atoms with E-state index in [2.05, 4.69) is 15.2 Å². The Morgan fingerprint density at radius 1 is 1.33 bits per heavy atom. The zero-order valence-electron chi connectivity index (χ0n) is 17.1. The van der Waals surface area contributed by atoms with Crippen molar-refractivity contribution >= 4 is 16.8 Å². The van der Waals surface area contributed by atoms with Crippen molar-refractivity contribution in [1.29, 1.82) is 0 Å². The summed E-state index contributed by atoms with van der Waals surface area (Å²) in [4.78, 5) is 20.2. The molecule has 3 heterocycles. The van der Waals surface area contributed by atoms with Crippen LogP contribution in [0.1, 0.15) is 0 Å². The van der Waals surface area contributed by atoms with E-state index in [1.54, 1.807) is 24.4 Å². The van der Waals surface area contributed by atoms with E-state index in [9.17, 15) is 9.90 Å². The molecule has 2 aromatic heterocycles. The molecule has 3 aromatic rings. The minimum atomic E-state index is 0.0470. The molecular formula is C22H25N5O3. The van der Waals surface area contributed by atoms with Gasteiger partial charge in [-0.05, 0) is 38.4 Å². The quantitative estimate of drug-likeness (QED) is 0.584. The summed E-state index contributed by atoms with van der Waals surface area (Å²) in [5.41, 5.74) is 2.46. The van der Waals surface area contributed by atoms with Gasteiger partial charge >= 0.3 is 0 Å². The zero-order valence-corrected chi connectivity index (χ0v) is 17.1. The Kier molecular flexibility index (Phi) is 5.67. The number of aromatic nitrogens is 3. The van der Waals surface area contributed by atoms with E-state index in [-0.39, 0.29) is 11.7 Å². The maximum absolute atomic E-state index is 12.1. The Morgan fingerprint density at radius 2 is 2.17 bits per heavy atom. The molecule has 1 aliphatic rings. The number of likely N-dealkylation sites (N-methyl/N-ethyl adjacent to an activating group) is 1. The number of amides is 1. The van der Waals surface area contributed by atoms with E-state index in [1.165, 1.54) is 6.20 Å². The number of pyridine rings is 1. The third-order valence-corrected chi connectivity index (χ3v) is 5.04. The number of carbonyl (C=O) groups is 1. The van der Waals surface area contributed by atoms with Gasteiger partial charge in [-0.2, -0.15) is 5.10 Å². The van der Waals surface area contributed by atoms with E-state index >= 15 is 0 Å². The van der Waals surface area contributed by atoms with Gasteiger partial charge in [0.05, 0.1) is 35.6 Å². The van der Waals surface area contributed by atoms with Crippen LogP contribution in [0.15, 0.2) is 48.8 Å². The molecule has 1 aliphatic heterocycles. The van der Waals surface area contributed by atoms with Crippen LogP contribution in [0.3, 0.4) is 0 Å². The SMILES string of the molecule is CN(C)C/C=C/C(=O)N1CC(COc2cc(-c3ccc(O)cn3)cc3[nH]ncc23)C1. The molecule has 0 atom stereocenters. The smallest absolute Gasteiger partial charge is 0.246 e. The summed E-state index contributed by atoms with van der Waals surface area (Å²) >= 11 is 0. The van der Waals surface area contributed by atoms with Gasteiger partial charge in [0.15, 0.2) is 0 Å². The number of nitrogens with one attached hydrogen (secondary N) is 1. The number of nitrogens with zero attached hydrogens (tertiary/aromatic N) is 4. The summed E-state index contributed by atoms with van der Waals surface area (Å²) in [6.07, 6.45) is 6.68. The number of hydrogen-bond acceptors (Lipinski definition) is 6. The molecule has 0 unspecified atom stereocenters. The predicted molar refractivity (Wildman–Crippen MR) is 114 cm³/mol. The number of H-pyrrole nitrogens is 1. The highest BCUT2D eigenvalue weighted by molar-refractivity contribution is 5.89. The third-order valence-electron chi connectivity index (χ3n) is 5.04. The molecule has 1 saturated heterocycles. The molecule has 0 spiro atoms. The second-order valence-corrected chi connectivity index (χ2v) is 7.79. The number of aromatic hydroxyl groups is 1. The van der Waals surface area contributed by atoms with Gasteiger partial charge in [0, 0.05) is 37.2 Å². The number of likely N-dealkylation sites (tertiary alicyclic amines) is 1. The molecule has 0 bridgehead atoms. The number of rotatable bonds is 7. The van der Waals surface area contributed by atoms with Crippen molar-refractivity contribution in [3.05, 3.63) is 48.8 Å². The van der Waals surface area contributed by atoms with E-state index in [4.69, 9.17) is 4.74 Å². The number of benzene rings is 1. The summed E-state index contributed by atoms with van der Waals surface area (Å²) in [6, 6.07) is 7.25. The zero-order chi connectivity index (χ0) is 21.1. The van der Waals surface area contributed by atoms with Crippen LogP contribution in [0.25, 0.3) is 22.2 Å². The van der Waals surface area contributed by atoms with Crippen molar-refractivity contribution in [2.45, 2.75) is 0 Å². The minimum Gasteiger partial charge on any atom is -0.506 e. The summed E-state index contributed by atoms with van der Waals surface area (Å²) in [5.74, 6) is 1.19. The lowest BCUT2D eigenvalue weighted by Crippen LogP contribution is -2.51. The Hall–Kier alpha value is -3.39. The molecule has 2 N–H and O–H groups in total. The van der Waals surface area contributed by atoms with Crippen LogP contribution in [0, 0.1) is 5.92 Å². The number of carbonyl (C=O) groups excluding carboxylic acids is 1. The molecular weight excluding hydrogens is 382 g/mol. The van der Waals surface area contributed by atoms with Gasteiger partial charge in [0.1, 0.15) is 11.5 Å². The molecule has 1 aromatic carbocycles. The fraction of sp³-hybridized carbons (Fsp3) is 0.318. The van der Waals surface area contributed by atoms with Crippen LogP contribution in [0.2, 0.25) is 0 Å². The summed E-state index contributed by atoms with van der Waals surface area (Å²) in [5, 5.41) is 17.5. The highest BCUT2D eigenvalue weighted by Gasteiger charge is 2.30. The lowest BCUT2D eigenvalue weighted by Gasteiger charge is -2.38. The fourth-order valence-electron chi connectivity index (χ4n) is 3.38.